The van der Waals surface area contributed by atoms with E-state index in [-0.39, 0.29) is 11.4 Å². The van der Waals surface area contributed by atoms with Crippen LogP contribution in [-0.2, 0) is 14.4 Å². The third-order valence-corrected chi connectivity index (χ3v) is 5.95. The molecular weight excluding hydrogens is 397 g/mol. The van der Waals surface area contributed by atoms with Gasteiger partial charge >= 0.3 is 6.18 Å². The molecule has 2 aliphatic rings. The smallest absolute Gasteiger partial charge is 0.330 e. The normalized spacial score (nSPS) is 23.1. The lowest BCUT2D eigenvalue weighted by molar-refractivity contribution is -0.191. The van der Waals surface area contributed by atoms with E-state index in [0.29, 0.717) is 12.8 Å². The van der Waals surface area contributed by atoms with Gasteiger partial charge in [0, 0.05) is 17.3 Å². The highest BCUT2D eigenvalue weighted by Gasteiger charge is 2.70. The van der Waals surface area contributed by atoms with Crippen LogP contribution >= 0.6 is 0 Å². The molecule has 2 amide bonds. The van der Waals surface area contributed by atoms with E-state index < -0.39 is 40.8 Å². The van der Waals surface area contributed by atoms with Crippen molar-refractivity contribution in [2.24, 2.45) is 5.92 Å². The van der Waals surface area contributed by atoms with Crippen molar-refractivity contribution < 1.29 is 27.6 Å². The Bertz CT molecular complexity index is 899. The summed E-state index contributed by atoms with van der Waals surface area (Å²) in [7, 11) is 0. The third-order valence-electron chi connectivity index (χ3n) is 5.95. The van der Waals surface area contributed by atoms with Crippen LogP contribution in [0.4, 0.5) is 18.9 Å². The predicted octanol–water partition coefficient (Wildman–Crippen LogP) is 4.20. The van der Waals surface area contributed by atoms with Gasteiger partial charge in [0.2, 0.25) is 11.4 Å². The molecule has 0 aromatic heterocycles. The number of hydrogen-bond donors (Lipinski definition) is 1. The minimum Gasteiger partial charge on any atom is -0.330 e. The number of aryl methyl sites for hydroxylation is 1. The molecule has 1 heterocycles. The number of amides is 2. The Morgan fingerprint density at radius 1 is 1.07 bits per heavy atom. The maximum absolute atomic E-state index is 14.5. The number of carbonyl (C=O) groups is 3. The van der Waals surface area contributed by atoms with Crippen molar-refractivity contribution in [3.63, 3.8) is 0 Å². The summed E-state index contributed by atoms with van der Waals surface area (Å²) in [4.78, 5) is 39.3. The van der Waals surface area contributed by atoms with Crippen LogP contribution in [0, 0.1) is 12.8 Å². The molecule has 1 atom stereocenters. The summed E-state index contributed by atoms with van der Waals surface area (Å²) in [5.74, 6) is -3.73. The van der Waals surface area contributed by atoms with Crippen LogP contribution < -0.4 is 10.2 Å². The van der Waals surface area contributed by atoms with Gasteiger partial charge in [-0.2, -0.15) is 13.2 Å². The fourth-order valence-corrected chi connectivity index (χ4v) is 4.44. The highest BCUT2D eigenvalue weighted by molar-refractivity contribution is 6.19. The van der Waals surface area contributed by atoms with Gasteiger partial charge < -0.3 is 5.32 Å². The first kappa shape index (κ1) is 22.1. The molecule has 30 heavy (non-hydrogen) atoms. The predicted molar refractivity (Wildman–Crippen MR) is 106 cm³/mol. The molecule has 1 N–H and O–H groups in total. The minimum absolute atomic E-state index is 0.127. The number of nitrogens with zero attached hydrogens (tertiary/aromatic N) is 1. The Balaban J connectivity index is 2.12. The summed E-state index contributed by atoms with van der Waals surface area (Å²) in [6.07, 6.45) is -1.84. The van der Waals surface area contributed by atoms with E-state index in [1.807, 2.05) is 12.2 Å². The Morgan fingerprint density at radius 2 is 1.63 bits per heavy atom. The highest BCUT2D eigenvalue weighted by atomic mass is 19.4. The lowest BCUT2D eigenvalue weighted by Crippen LogP contribution is -2.67. The maximum Gasteiger partial charge on any atom is 0.425 e. The van der Waals surface area contributed by atoms with E-state index >= 15 is 0 Å². The standard InChI is InChI=1S/C22H25F3N2O3/c1-13-9-11-17(12-10-13)27-14(2)18(15(3)28)21(20(27)30,22(23,24)25)26-19(29)16-7-5-4-6-8-16/h9-12,16H,4-8H2,1-3H3,(H,26,29)/t21-/m0/s1. The van der Waals surface area contributed by atoms with Gasteiger partial charge in [0.05, 0.1) is 5.57 Å². The molecule has 162 valence electrons. The molecule has 0 unspecified atom stereocenters. The number of carbonyl (C=O) groups excluding carboxylic acids is 3. The van der Waals surface area contributed by atoms with Gasteiger partial charge in [-0.25, -0.2) is 0 Å². The first-order valence-corrected chi connectivity index (χ1v) is 10.0. The largest absolute Gasteiger partial charge is 0.425 e. The maximum atomic E-state index is 14.5. The van der Waals surface area contributed by atoms with Crippen LogP contribution in [0.3, 0.4) is 0 Å². The molecule has 1 fully saturated rings. The van der Waals surface area contributed by atoms with Gasteiger partial charge in [-0.3, -0.25) is 19.3 Å². The van der Waals surface area contributed by atoms with E-state index in [1.165, 1.54) is 19.1 Å². The summed E-state index contributed by atoms with van der Waals surface area (Å²) in [5.41, 5.74) is -3.17. The lowest BCUT2D eigenvalue weighted by Gasteiger charge is -2.35. The zero-order chi connectivity index (χ0) is 22.3. The Labute approximate surface area is 173 Å². The fourth-order valence-electron chi connectivity index (χ4n) is 4.44. The van der Waals surface area contributed by atoms with Crippen molar-refractivity contribution >= 4 is 23.3 Å². The fraction of sp³-hybridized carbons (Fsp3) is 0.500. The number of rotatable bonds is 4. The van der Waals surface area contributed by atoms with E-state index in [9.17, 15) is 27.6 Å². The molecule has 1 aliphatic carbocycles. The van der Waals surface area contributed by atoms with E-state index in [4.69, 9.17) is 0 Å². The number of ketones is 1. The number of alkyl halides is 3. The van der Waals surface area contributed by atoms with Gasteiger partial charge in [0.1, 0.15) is 0 Å². The number of nitrogens with one attached hydrogen (secondary N) is 1. The van der Waals surface area contributed by atoms with Crippen LogP contribution in [0.25, 0.3) is 0 Å². The van der Waals surface area contributed by atoms with Crippen LogP contribution in [0.15, 0.2) is 35.5 Å². The van der Waals surface area contributed by atoms with Crippen LogP contribution in [0.1, 0.15) is 51.5 Å². The summed E-state index contributed by atoms with van der Waals surface area (Å²) in [6, 6.07) is 6.36. The number of halogens is 3. The first-order valence-electron chi connectivity index (χ1n) is 10.0. The van der Waals surface area contributed by atoms with Gasteiger partial charge in [0.25, 0.3) is 5.91 Å². The molecule has 0 bridgehead atoms. The van der Waals surface area contributed by atoms with Crippen molar-refractivity contribution in [3.8, 4) is 0 Å². The SMILES string of the molecule is CC(=O)C1=C(C)N(c2ccc(C)cc2)C(=O)[C@]1(NC(=O)C1CCCCC1)C(F)(F)F. The molecule has 1 aromatic carbocycles. The second-order valence-electron chi connectivity index (χ2n) is 8.06. The number of Topliss-reactive ketones (excluding diaryl/α,β-unsaturated/α-hetero) is 1. The number of benzene rings is 1. The van der Waals surface area contributed by atoms with Gasteiger partial charge in [-0.1, -0.05) is 37.0 Å². The zero-order valence-electron chi connectivity index (χ0n) is 17.2. The molecule has 3 rings (SSSR count). The van der Waals surface area contributed by atoms with Gasteiger partial charge in [0.15, 0.2) is 5.78 Å². The average Bonchev–Trinajstić information content (AvgIpc) is 2.90. The van der Waals surface area contributed by atoms with Crippen molar-refractivity contribution in [1.82, 2.24) is 5.32 Å². The molecule has 5 nitrogen and oxygen atoms in total. The average molecular weight is 422 g/mol. The van der Waals surface area contributed by atoms with Crippen molar-refractivity contribution in [3.05, 3.63) is 41.1 Å². The summed E-state index contributed by atoms with van der Waals surface area (Å²) in [6.45, 7) is 4.09. The van der Waals surface area contributed by atoms with Crippen LogP contribution in [0.5, 0.6) is 0 Å². The molecule has 0 radical (unpaired) electrons. The lowest BCUT2D eigenvalue weighted by atomic mass is 9.84. The quantitative estimate of drug-likeness (QED) is 0.791. The van der Waals surface area contributed by atoms with Gasteiger partial charge in [-0.15, -0.1) is 0 Å². The first-order chi connectivity index (χ1) is 14.0. The molecule has 8 heteroatoms. The minimum atomic E-state index is -5.18. The zero-order valence-corrected chi connectivity index (χ0v) is 17.2. The van der Waals surface area contributed by atoms with E-state index in [2.05, 4.69) is 0 Å². The second kappa shape index (κ2) is 7.89. The Kier molecular flexibility index (Phi) is 5.80. The summed E-state index contributed by atoms with van der Waals surface area (Å²) in [5, 5.41) is 1.99. The highest BCUT2D eigenvalue weighted by Crippen LogP contribution is 2.46. The molecule has 0 spiro atoms. The number of hydrogen-bond acceptors (Lipinski definition) is 3. The van der Waals surface area contributed by atoms with Crippen molar-refractivity contribution in [2.45, 2.75) is 64.6 Å². The molecular formula is C22H25F3N2O3. The molecule has 0 saturated heterocycles. The van der Waals surface area contributed by atoms with E-state index in [1.54, 1.807) is 12.1 Å². The molecule has 1 aromatic rings. The second-order valence-corrected chi connectivity index (χ2v) is 8.06. The van der Waals surface area contributed by atoms with Crippen molar-refractivity contribution in [2.75, 3.05) is 4.90 Å². The molecule has 1 saturated carbocycles. The van der Waals surface area contributed by atoms with Gasteiger partial charge in [-0.05, 0) is 45.7 Å². The monoisotopic (exact) mass is 422 g/mol. The van der Waals surface area contributed by atoms with E-state index in [0.717, 1.165) is 36.6 Å². The Morgan fingerprint density at radius 3 is 2.13 bits per heavy atom. The molecule has 1 aliphatic heterocycles. The third kappa shape index (κ3) is 3.52. The van der Waals surface area contributed by atoms with Crippen LogP contribution in [0.2, 0.25) is 0 Å². The number of allylic oxidation sites excluding steroid dienone is 1. The topological polar surface area (TPSA) is 66.5 Å². The Hall–Kier alpha value is -2.64. The summed E-state index contributed by atoms with van der Waals surface area (Å²) < 4.78 is 43.4. The van der Waals surface area contributed by atoms with Crippen molar-refractivity contribution in [1.29, 1.82) is 0 Å². The van der Waals surface area contributed by atoms with Crippen LogP contribution in [-0.4, -0.2) is 29.3 Å². The number of anilines is 1. The summed E-state index contributed by atoms with van der Waals surface area (Å²) >= 11 is 0.